The second kappa shape index (κ2) is 9.32. The van der Waals surface area contributed by atoms with Crippen molar-refractivity contribution in [3.05, 3.63) is 0 Å². The Morgan fingerprint density at radius 1 is 1.09 bits per heavy atom. The summed E-state index contributed by atoms with van der Waals surface area (Å²) in [4.78, 5) is 24.4. The Bertz CT molecular complexity index is 698. The molecule has 0 radical (unpaired) electrons. The molecule has 0 spiro atoms. The summed E-state index contributed by atoms with van der Waals surface area (Å²) >= 11 is -0.619. The molecule has 0 aromatic rings. The van der Waals surface area contributed by atoms with Gasteiger partial charge in [-0.1, -0.05) is 11.5 Å². The van der Waals surface area contributed by atoms with E-state index in [4.69, 9.17) is 19.5 Å². The molecule has 0 aliphatic heterocycles. The van der Waals surface area contributed by atoms with Gasteiger partial charge in [0.25, 0.3) is 0 Å². The number of esters is 2. The number of halogens is 2. The van der Waals surface area contributed by atoms with Crippen molar-refractivity contribution >= 4 is 24.0 Å². The third-order valence-electron chi connectivity index (χ3n) is 7.55. The van der Waals surface area contributed by atoms with Crippen molar-refractivity contribution in [2.24, 2.45) is 17.8 Å². The van der Waals surface area contributed by atoms with Gasteiger partial charge in [-0.25, -0.2) is 14.8 Å². The van der Waals surface area contributed by atoms with Crippen LogP contribution in [-0.2, 0) is 33.2 Å². The highest BCUT2D eigenvalue weighted by molar-refractivity contribution is 7.96. The van der Waals surface area contributed by atoms with E-state index in [1.165, 1.54) is 0 Å². The van der Waals surface area contributed by atoms with Gasteiger partial charge in [-0.05, 0) is 82.5 Å². The molecule has 182 valence electrons. The highest BCUT2D eigenvalue weighted by Crippen LogP contribution is 2.58. The number of ether oxygens (including phenoxy) is 3. The van der Waals surface area contributed by atoms with Gasteiger partial charge in [0, 0.05) is 0 Å². The Morgan fingerprint density at radius 3 is 2.38 bits per heavy atom. The van der Waals surface area contributed by atoms with Gasteiger partial charge in [0.05, 0.1) is 5.60 Å². The lowest BCUT2D eigenvalue weighted by Crippen LogP contribution is -2.59. The van der Waals surface area contributed by atoms with Crippen molar-refractivity contribution in [3.8, 4) is 0 Å². The number of hydrogen-bond acceptors (Lipinski definition) is 9. The predicted molar refractivity (Wildman–Crippen MR) is 107 cm³/mol. The Labute approximate surface area is 189 Å². The zero-order valence-electron chi connectivity index (χ0n) is 18.1. The van der Waals surface area contributed by atoms with Gasteiger partial charge in [0.15, 0.2) is 0 Å². The summed E-state index contributed by atoms with van der Waals surface area (Å²) in [5.41, 5.74) is -0.926. The smallest absolute Gasteiger partial charge is 0.415 e. The van der Waals surface area contributed by atoms with Crippen LogP contribution < -0.4 is 0 Å². The SMILES string of the molecule is CC1(OC(=O)COC23CC4CC(C2)C(OC(=O)C(F)(F)SOOO)C(C4)C3)CCCCC1. The standard InChI is InChI=1S/C21H30F2O8S/c1-19(5-3-2-4-6-19)29-16(24)12-27-20-9-13-7-14(10-20)17(15(8-13)11-20)28-18(25)21(22,23)32-31-30-26/h13-15,17,26H,2-12H2,1H3. The molecular weight excluding hydrogens is 450 g/mol. The highest BCUT2D eigenvalue weighted by atomic mass is 32.2. The molecule has 11 heteroatoms. The summed E-state index contributed by atoms with van der Waals surface area (Å²) in [7, 11) is 0. The van der Waals surface area contributed by atoms with Gasteiger partial charge in [-0.15, -0.1) is 4.33 Å². The van der Waals surface area contributed by atoms with Crippen LogP contribution in [-0.4, -0.2) is 46.4 Å². The van der Waals surface area contributed by atoms with Crippen molar-refractivity contribution in [1.29, 1.82) is 0 Å². The first-order chi connectivity index (χ1) is 15.1. The van der Waals surface area contributed by atoms with Gasteiger partial charge in [-0.2, -0.15) is 8.78 Å². The van der Waals surface area contributed by atoms with Crippen molar-refractivity contribution in [2.75, 3.05) is 6.61 Å². The van der Waals surface area contributed by atoms with Crippen LogP contribution in [0.4, 0.5) is 8.78 Å². The molecule has 5 saturated carbocycles. The topological polar surface area (TPSA) is 101 Å². The van der Waals surface area contributed by atoms with E-state index in [2.05, 4.69) is 9.37 Å². The lowest BCUT2D eigenvalue weighted by molar-refractivity contribution is -0.433. The minimum Gasteiger partial charge on any atom is -0.458 e. The summed E-state index contributed by atoms with van der Waals surface area (Å²) in [6, 6.07) is 0. The van der Waals surface area contributed by atoms with Crippen LogP contribution in [0.25, 0.3) is 0 Å². The highest BCUT2D eigenvalue weighted by Gasteiger charge is 2.59. The van der Waals surface area contributed by atoms with Crippen LogP contribution in [0.15, 0.2) is 0 Å². The second-order valence-electron chi connectivity index (χ2n) is 10.0. The average molecular weight is 481 g/mol. The minimum atomic E-state index is -4.01. The molecule has 5 rings (SSSR count). The largest absolute Gasteiger partial charge is 0.458 e. The molecule has 0 saturated heterocycles. The first-order valence-corrected chi connectivity index (χ1v) is 12.0. The van der Waals surface area contributed by atoms with Crippen LogP contribution in [0.3, 0.4) is 0 Å². The zero-order chi connectivity index (χ0) is 23.0. The van der Waals surface area contributed by atoms with Crippen molar-refractivity contribution in [2.45, 2.75) is 93.7 Å². The summed E-state index contributed by atoms with van der Waals surface area (Å²) in [5, 5.41) is 7.18. The van der Waals surface area contributed by atoms with Gasteiger partial charge < -0.3 is 14.2 Å². The lowest BCUT2D eigenvalue weighted by Gasteiger charge is -2.58. The van der Waals surface area contributed by atoms with Gasteiger partial charge in [-0.3, -0.25) is 0 Å². The fourth-order valence-corrected chi connectivity index (χ4v) is 6.71. The number of hydrogen-bond donors (Lipinski definition) is 1. The van der Waals surface area contributed by atoms with E-state index >= 15 is 0 Å². The molecule has 8 nitrogen and oxygen atoms in total. The van der Waals surface area contributed by atoms with Crippen molar-refractivity contribution in [1.82, 2.24) is 0 Å². The van der Waals surface area contributed by atoms with E-state index in [0.29, 0.717) is 18.8 Å². The summed E-state index contributed by atoms with van der Waals surface area (Å²) in [6.07, 6.45) is 7.83. The summed E-state index contributed by atoms with van der Waals surface area (Å²) in [5.74, 6) is -1.94. The number of carbonyl (C=O) groups is 2. The molecule has 1 N–H and O–H groups in total. The summed E-state index contributed by atoms with van der Waals surface area (Å²) < 4.78 is 48.4. The molecule has 0 aromatic carbocycles. The third-order valence-corrected chi connectivity index (χ3v) is 8.05. The van der Waals surface area contributed by atoms with E-state index in [1.807, 2.05) is 6.92 Å². The van der Waals surface area contributed by atoms with Gasteiger partial charge in [0.1, 0.15) is 30.4 Å². The molecule has 0 heterocycles. The zero-order valence-corrected chi connectivity index (χ0v) is 18.9. The van der Waals surface area contributed by atoms with Crippen molar-refractivity contribution < 1.29 is 47.2 Å². The maximum Gasteiger partial charge on any atom is 0.415 e. The Balaban J connectivity index is 1.32. The number of carbonyl (C=O) groups excluding carboxylic acids is 2. The molecule has 0 amide bonds. The van der Waals surface area contributed by atoms with E-state index in [1.54, 1.807) is 0 Å². The maximum atomic E-state index is 13.8. The predicted octanol–water partition coefficient (Wildman–Crippen LogP) is 4.42. The van der Waals surface area contributed by atoms with Crippen LogP contribution >= 0.6 is 12.0 Å². The molecule has 32 heavy (non-hydrogen) atoms. The molecule has 4 bridgehead atoms. The fourth-order valence-electron chi connectivity index (χ4n) is 6.47. The monoisotopic (exact) mass is 480 g/mol. The maximum absolute atomic E-state index is 13.8. The first kappa shape index (κ1) is 24.1. The normalized spacial score (nSPS) is 35.5. The molecule has 5 aliphatic carbocycles. The Hall–Kier alpha value is -1.01. The number of rotatable bonds is 9. The van der Waals surface area contributed by atoms with Crippen LogP contribution in [0.2, 0.25) is 0 Å². The Kier molecular flexibility index (Phi) is 7.03. The molecule has 5 aliphatic rings. The van der Waals surface area contributed by atoms with E-state index in [-0.39, 0.29) is 24.4 Å². The van der Waals surface area contributed by atoms with E-state index < -0.39 is 40.6 Å². The molecule has 0 aromatic heterocycles. The van der Waals surface area contributed by atoms with Gasteiger partial charge in [0.2, 0.25) is 0 Å². The van der Waals surface area contributed by atoms with Crippen LogP contribution in [0, 0.1) is 17.8 Å². The third kappa shape index (κ3) is 5.22. The molecular formula is C21H30F2O8S. The lowest BCUT2D eigenvalue weighted by atomic mass is 9.53. The minimum absolute atomic E-state index is 0.104. The molecule has 2 atom stereocenters. The fraction of sp³-hybridized carbons (Fsp3) is 0.905. The number of alkyl halides is 2. The first-order valence-electron chi connectivity index (χ1n) is 11.2. The quantitative estimate of drug-likeness (QED) is 0.222. The Morgan fingerprint density at radius 2 is 1.75 bits per heavy atom. The van der Waals surface area contributed by atoms with E-state index in [9.17, 15) is 18.4 Å². The average Bonchev–Trinajstić information content (AvgIpc) is 2.73. The van der Waals surface area contributed by atoms with Gasteiger partial charge >= 0.3 is 17.2 Å². The summed E-state index contributed by atoms with van der Waals surface area (Å²) in [6.45, 7) is 1.85. The van der Waals surface area contributed by atoms with Crippen molar-refractivity contribution in [3.63, 3.8) is 0 Å². The molecule has 5 fully saturated rings. The molecule has 2 unspecified atom stereocenters. The second-order valence-corrected chi connectivity index (χ2v) is 10.9. The van der Waals surface area contributed by atoms with Crippen LogP contribution in [0.1, 0.15) is 71.1 Å². The van der Waals surface area contributed by atoms with E-state index in [0.717, 1.165) is 51.4 Å². The van der Waals surface area contributed by atoms with Crippen LogP contribution in [0.5, 0.6) is 0 Å².